The number of thiazole rings is 1. The van der Waals surface area contributed by atoms with Gasteiger partial charge in [0, 0.05) is 42.6 Å². The maximum absolute atomic E-state index is 10.1. The summed E-state index contributed by atoms with van der Waals surface area (Å²) in [6.07, 6.45) is 8.05. The topological polar surface area (TPSA) is 62.1 Å². The fraction of sp³-hybridized carbons (Fsp3) is 0.462. The van der Waals surface area contributed by atoms with E-state index in [-0.39, 0.29) is 0 Å². The van der Waals surface area contributed by atoms with E-state index in [1.165, 1.54) is 30.6 Å². The van der Waals surface area contributed by atoms with Gasteiger partial charge in [-0.05, 0) is 19.3 Å². The molecule has 100 valence electrons. The van der Waals surface area contributed by atoms with Crippen LogP contribution in [0.2, 0.25) is 0 Å². The minimum absolute atomic E-state index is 0.675. The monoisotopic (exact) mass is 276 g/mol. The SMILES string of the molecule is OC(c1cnc(N2CCCCC2)nc1)c1nccs1. The summed E-state index contributed by atoms with van der Waals surface area (Å²) in [6.45, 7) is 2.04. The predicted octanol–water partition coefficient (Wildman–Crippen LogP) is 2.01. The predicted molar refractivity (Wildman–Crippen MR) is 74.3 cm³/mol. The Bertz CT molecular complexity index is 508. The van der Waals surface area contributed by atoms with Crippen molar-refractivity contribution in [3.05, 3.63) is 34.5 Å². The zero-order valence-corrected chi connectivity index (χ0v) is 11.4. The maximum Gasteiger partial charge on any atom is 0.225 e. The number of hydrogen-bond donors (Lipinski definition) is 1. The molecule has 5 nitrogen and oxygen atoms in total. The number of hydrogen-bond acceptors (Lipinski definition) is 6. The molecule has 0 spiro atoms. The maximum atomic E-state index is 10.1. The molecule has 1 fully saturated rings. The Balaban J connectivity index is 1.75. The Morgan fingerprint density at radius 3 is 2.47 bits per heavy atom. The summed E-state index contributed by atoms with van der Waals surface area (Å²) in [5.41, 5.74) is 0.690. The van der Waals surface area contributed by atoms with Gasteiger partial charge in [-0.3, -0.25) is 0 Å². The Morgan fingerprint density at radius 1 is 1.11 bits per heavy atom. The number of piperidine rings is 1. The Kier molecular flexibility index (Phi) is 3.70. The van der Waals surface area contributed by atoms with Gasteiger partial charge < -0.3 is 10.0 Å². The molecule has 0 saturated carbocycles. The van der Waals surface area contributed by atoms with Crippen LogP contribution in [0.15, 0.2) is 24.0 Å². The van der Waals surface area contributed by atoms with Crippen molar-refractivity contribution in [1.82, 2.24) is 15.0 Å². The van der Waals surface area contributed by atoms with Crippen LogP contribution in [0.4, 0.5) is 5.95 Å². The summed E-state index contributed by atoms with van der Waals surface area (Å²) >= 11 is 1.43. The van der Waals surface area contributed by atoms with E-state index in [2.05, 4.69) is 19.9 Å². The van der Waals surface area contributed by atoms with Gasteiger partial charge in [0.15, 0.2) is 0 Å². The van der Waals surface area contributed by atoms with Gasteiger partial charge >= 0.3 is 0 Å². The summed E-state index contributed by atoms with van der Waals surface area (Å²) in [5.74, 6) is 0.759. The molecular formula is C13H16N4OS. The molecular weight excluding hydrogens is 260 g/mol. The van der Waals surface area contributed by atoms with Crippen LogP contribution in [-0.2, 0) is 0 Å². The molecule has 0 bridgehead atoms. The average molecular weight is 276 g/mol. The third-order valence-corrected chi connectivity index (χ3v) is 4.13. The largest absolute Gasteiger partial charge is 0.381 e. The van der Waals surface area contributed by atoms with Gasteiger partial charge in [-0.15, -0.1) is 11.3 Å². The van der Waals surface area contributed by atoms with Gasteiger partial charge in [-0.1, -0.05) is 0 Å². The van der Waals surface area contributed by atoms with E-state index in [9.17, 15) is 5.11 Å². The lowest BCUT2D eigenvalue weighted by atomic mass is 10.1. The molecule has 6 heteroatoms. The lowest BCUT2D eigenvalue weighted by molar-refractivity contribution is 0.219. The highest BCUT2D eigenvalue weighted by molar-refractivity contribution is 7.09. The van der Waals surface area contributed by atoms with Crippen molar-refractivity contribution in [2.24, 2.45) is 0 Å². The molecule has 0 aliphatic carbocycles. The summed E-state index contributed by atoms with van der Waals surface area (Å²) in [7, 11) is 0. The third kappa shape index (κ3) is 2.74. The first-order chi connectivity index (χ1) is 9.34. The average Bonchev–Trinajstić information content (AvgIpc) is 3.02. The van der Waals surface area contributed by atoms with Gasteiger partial charge in [0.25, 0.3) is 0 Å². The lowest BCUT2D eigenvalue weighted by Crippen LogP contribution is -2.30. The van der Waals surface area contributed by atoms with Gasteiger partial charge in [-0.25, -0.2) is 15.0 Å². The first-order valence-corrected chi connectivity index (χ1v) is 7.37. The Labute approximate surface area is 116 Å². The second kappa shape index (κ2) is 5.63. The molecule has 2 aromatic heterocycles. The number of anilines is 1. The van der Waals surface area contributed by atoms with Crippen molar-refractivity contribution in [3.8, 4) is 0 Å². The number of aliphatic hydroxyl groups excluding tert-OH is 1. The first-order valence-electron chi connectivity index (χ1n) is 6.49. The van der Waals surface area contributed by atoms with E-state index >= 15 is 0 Å². The van der Waals surface area contributed by atoms with Crippen LogP contribution in [0.3, 0.4) is 0 Å². The molecule has 1 unspecified atom stereocenters. The smallest absolute Gasteiger partial charge is 0.225 e. The molecule has 1 aliphatic rings. The standard InChI is InChI=1S/C13H16N4OS/c18-11(12-14-4-7-19-12)10-8-15-13(16-9-10)17-5-2-1-3-6-17/h4,7-9,11,18H,1-3,5-6H2. The van der Waals surface area contributed by atoms with Crippen molar-refractivity contribution >= 4 is 17.3 Å². The van der Waals surface area contributed by atoms with E-state index in [0.717, 1.165) is 19.0 Å². The molecule has 2 aromatic rings. The van der Waals surface area contributed by atoms with Crippen molar-refractivity contribution < 1.29 is 5.11 Å². The highest BCUT2D eigenvalue weighted by Crippen LogP contribution is 2.23. The first kappa shape index (κ1) is 12.5. The van der Waals surface area contributed by atoms with Crippen molar-refractivity contribution in [2.45, 2.75) is 25.4 Å². The van der Waals surface area contributed by atoms with Crippen LogP contribution in [0, 0.1) is 0 Å². The minimum atomic E-state index is -0.726. The van der Waals surface area contributed by atoms with Crippen LogP contribution in [0.1, 0.15) is 35.9 Å². The number of aliphatic hydroxyl groups is 1. The molecule has 0 amide bonds. The highest BCUT2D eigenvalue weighted by atomic mass is 32.1. The Hall–Kier alpha value is -1.53. The number of aromatic nitrogens is 3. The second-order valence-corrected chi connectivity index (χ2v) is 5.56. The summed E-state index contributed by atoms with van der Waals surface area (Å²) < 4.78 is 0. The molecule has 1 atom stereocenters. The van der Waals surface area contributed by atoms with Crippen LogP contribution in [0.5, 0.6) is 0 Å². The second-order valence-electron chi connectivity index (χ2n) is 4.64. The molecule has 1 saturated heterocycles. The fourth-order valence-corrected chi connectivity index (χ4v) is 2.89. The molecule has 0 radical (unpaired) electrons. The Morgan fingerprint density at radius 2 is 1.84 bits per heavy atom. The molecule has 1 aliphatic heterocycles. The highest BCUT2D eigenvalue weighted by Gasteiger charge is 2.16. The number of nitrogens with zero attached hydrogens (tertiary/aromatic N) is 4. The van der Waals surface area contributed by atoms with Crippen LogP contribution in [-0.4, -0.2) is 33.1 Å². The summed E-state index contributed by atoms with van der Waals surface area (Å²) in [6, 6.07) is 0. The van der Waals surface area contributed by atoms with E-state index < -0.39 is 6.10 Å². The van der Waals surface area contributed by atoms with Crippen molar-refractivity contribution in [1.29, 1.82) is 0 Å². The van der Waals surface area contributed by atoms with Gasteiger partial charge in [0.05, 0.1) is 0 Å². The molecule has 3 heterocycles. The van der Waals surface area contributed by atoms with Gasteiger partial charge in [0.2, 0.25) is 5.95 Å². The fourth-order valence-electron chi connectivity index (χ4n) is 2.24. The van der Waals surface area contributed by atoms with Gasteiger partial charge in [0.1, 0.15) is 11.1 Å². The van der Waals surface area contributed by atoms with Gasteiger partial charge in [-0.2, -0.15) is 0 Å². The van der Waals surface area contributed by atoms with Crippen LogP contribution in [0.25, 0.3) is 0 Å². The zero-order valence-electron chi connectivity index (χ0n) is 10.6. The molecule has 19 heavy (non-hydrogen) atoms. The van der Waals surface area contributed by atoms with Crippen molar-refractivity contribution in [3.63, 3.8) is 0 Å². The zero-order chi connectivity index (χ0) is 13.1. The molecule has 1 N–H and O–H groups in total. The van der Waals surface area contributed by atoms with E-state index in [4.69, 9.17) is 0 Å². The van der Waals surface area contributed by atoms with E-state index in [1.54, 1.807) is 18.6 Å². The van der Waals surface area contributed by atoms with E-state index in [0.29, 0.717) is 10.6 Å². The minimum Gasteiger partial charge on any atom is -0.381 e. The lowest BCUT2D eigenvalue weighted by Gasteiger charge is -2.26. The number of rotatable bonds is 3. The van der Waals surface area contributed by atoms with Crippen LogP contribution >= 0.6 is 11.3 Å². The summed E-state index contributed by atoms with van der Waals surface area (Å²) in [5, 5.41) is 12.7. The van der Waals surface area contributed by atoms with E-state index in [1.807, 2.05) is 5.38 Å². The van der Waals surface area contributed by atoms with Crippen LogP contribution < -0.4 is 4.90 Å². The third-order valence-electron chi connectivity index (χ3n) is 3.30. The quantitative estimate of drug-likeness (QED) is 0.929. The molecule has 3 rings (SSSR count). The normalized spacial score (nSPS) is 17.4. The van der Waals surface area contributed by atoms with Crippen molar-refractivity contribution in [2.75, 3.05) is 18.0 Å². The molecule has 0 aromatic carbocycles. The summed E-state index contributed by atoms with van der Waals surface area (Å²) in [4.78, 5) is 15.0.